The van der Waals surface area contributed by atoms with Crippen molar-refractivity contribution in [3.8, 4) is 11.5 Å². The van der Waals surface area contributed by atoms with Crippen LogP contribution < -0.4 is 16.2 Å². The fraction of sp³-hybridized carbons (Fsp3) is 0.176. The van der Waals surface area contributed by atoms with Crippen molar-refractivity contribution < 1.29 is 17.9 Å². The Hall–Kier alpha value is -2.87. The number of ether oxygens (including phenoxy) is 1. The molecule has 0 spiro atoms. The lowest BCUT2D eigenvalue weighted by Gasteiger charge is -2.14. The molecule has 2 aromatic rings. The number of sulfone groups is 1. The molecular formula is C17H19N3O4S. The zero-order valence-corrected chi connectivity index (χ0v) is 14.9. The Labute approximate surface area is 146 Å². The predicted octanol–water partition coefficient (Wildman–Crippen LogP) is 1.91. The summed E-state index contributed by atoms with van der Waals surface area (Å²) in [5.74, 6) is -0.457. The predicted molar refractivity (Wildman–Crippen MR) is 95.7 cm³/mol. The summed E-state index contributed by atoms with van der Waals surface area (Å²) in [6, 6.07) is 9.92. The average molecular weight is 361 g/mol. The standard InChI is InChI=1S/C17H19N3O4S/c1-10-6-4-5-7-13(10)24-14-8-11(2)12(16(21)20-17(18)19)9-15(14)25(3,22)23/h4-9H,1-3H3,(H4,18,19,20,21). The highest BCUT2D eigenvalue weighted by atomic mass is 32.2. The summed E-state index contributed by atoms with van der Waals surface area (Å²) in [5.41, 5.74) is 11.9. The molecule has 1 amide bonds. The van der Waals surface area contributed by atoms with Gasteiger partial charge >= 0.3 is 0 Å². The lowest BCUT2D eigenvalue weighted by atomic mass is 10.1. The molecule has 0 fully saturated rings. The molecule has 132 valence electrons. The molecule has 4 N–H and O–H groups in total. The third kappa shape index (κ3) is 4.36. The van der Waals surface area contributed by atoms with E-state index in [4.69, 9.17) is 16.2 Å². The van der Waals surface area contributed by atoms with Gasteiger partial charge < -0.3 is 16.2 Å². The number of guanidine groups is 1. The molecular weight excluding hydrogens is 342 g/mol. The summed E-state index contributed by atoms with van der Waals surface area (Å²) in [6.45, 7) is 3.49. The first-order chi connectivity index (χ1) is 11.6. The lowest BCUT2D eigenvalue weighted by molar-refractivity contribution is 0.100. The minimum Gasteiger partial charge on any atom is -0.456 e. The van der Waals surface area contributed by atoms with Gasteiger partial charge in [-0.3, -0.25) is 4.79 Å². The van der Waals surface area contributed by atoms with Crippen molar-refractivity contribution >= 4 is 21.7 Å². The van der Waals surface area contributed by atoms with Crippen LogP contribution in [0.25, 0.3) is 0 Å². The molecule has 25 heavy (non-hydrogen) atoms. The summed E-state index contributed by atoms with van der Waals surface area (Å²) in [7, 11) is -3.66. The van der Waals surface area contributed by atoms with Gasteiger partial charge in [-0.15, -0.1) is 0 Å². The molecule has 0 saturated carbocycles. The molecule has 0 aliphatic heterocycles. The van der Waals surface area contributed by atoms with Crippen LogP contribution in [0.3, 0.4) is 0 Å². The number of para-hydroxylation sites is 1. The molecule has 0 atom stereocenters. The summed E-state index contributed by atoms with van der Waals surface area (Å²) in [6.07, 6.45) is 1.04. The monoisotopic (exact) mass is 361 g/mol. The van der Waals surface area contributed by atoms with Gasteiger partial charge in [-0.25, -0.2) is 8.42 Å². The highest BCUT2D eigenvalue weighted by Gasteiger charge is 2.21. The molecule has 8 heteroatoms. The Balaban J connectivity index is 2.62. The van der Waals surface area contributed by atoms with Gasteiger partial charge in [-0.2, -0.15) is 4.99 Å². The van der Waals surface area contributed by atoms with Crippen molar-refractivity contribution in [3.63, 3.8) is 0 Å². The fourth-order valence-corrected chi connectivity index (χ4v) is 3.03. The molecule has 0 aliphatic carbocycles. The number of nitrogens with zero attached hydrogens (tertiary/aromatic N) is 1. The smallest absolute Gasteiger partial charge is 0.280 e. The maximum atomic E-state index is 12.2. The summed E-state index contributed by atoms with van der Waals surface area (Å²) in [4.78, 5) is 15.4. The SMILES string of the molecule is Cc1ccccc1Oc1cc(C)c(C(=O)N=C(N)N)cc1S(C)(=O)=O. The third-order valence-electron chi connectivity index (χ3n) is 3.46. The molecule has 0 bridgehead atoms. The number of aliphatic imine (C=N–C) groups is 1. The zero-order valence-electron chi connectivity index (χ0n) is 14.1. The highest BCUT2D eigenvalue weighted by molar-refractivity contribution is 7.90. The normalized spacial score (nSPS) is 11.0. The highest BCUT2D eigenvalue weighted by Crippen LogP contribution is 2.33. The first-order valence-corrected chi connectivity index (χ1v) is 9.21. The molecule has 7 nitrogen and oxygen atoms in total. The Kier molecular flexibility index (Phi) is 5.13. The zero-order chi connectivity index (χ0) is 18.8. The maximum Gasteiger partial charge on any atom is 0.280 e. The first-order valence-electron chi connectivity index (χ1n) is 7.31. The summed E-state index contributed by atoms with van der Waals surface area (Å²) in [5, 5.41) is 0. The van der Waals surface area contributed by atoms with Crippen LogP contribution in [0, 0.1) is 13.8 Å². The molecule has 0 saturated heterocycles. The second-order valence-electron chi connectivity index (χ2n) is 5.60. The topological polar surface area (TPSA) is 125 Å². The van der Waals surface area contributed by atoms with E-state index in [-0.39, 0.29) is 16.2 Å². The number of carbonyl (C=O) groups excluding carboxylic acids is 1. The van der Waals surface area contributed by atoms with Crippen LogP contribution in [-0.2, 0) is 9.84 Å². The van der Waals surface area contributed by atoms with Gasteiger partial charge in [0, 0.05) is 11.8 Å². The van der Waals surface area contributed by atoms with Crippen molar-refractivity contribution in [2.75, 3.05) is 6.26 Å². The second-order valence-corrected chi connectivity index (χ2v) is 7.58. The van der Waals surface area contributed by atoms with Crippen LogP contribution in [0.4, 0.5) is 0 Å². The van der Waals surface area contributed by atoms with E-state index in [0.29, 0.717) is 11.3 Å². The number of carbonyl (C=O) groups is 1. The van der Waals surface area contributed by atoms with Gasteiger partial charge in [0.2, 0.25) is 0 Å². The van der Waals surface area contributed by atoms with Gasteiger partial charge in [0.15, 0.2) is 15.8 Å². The third-order valence-corrected chi connectivity index (χ3v) is 4.58. The van der Waals surface area contributed by atoms with E-state index >= 15 is 0 Å². The van der Waals surface area contributed by atoms with E-state index in [1.165, 1.54) is 12.1 Å². The van der Waals surface area contributed by atoms with Gasteiger partial charge in [0.05, 0.1) is 0 Å². The number of benzene rings is 2. The number of rotatable bonds is 4. The number of hydrogen-bond donors (Lipinski definition) is 2. The van der Waals surface area contributed by atoms with Crippen molar-refractivity contribution in [2.45, 2.75) is 18.7 Å². The number of nitrogens with two attached hydrogens (primary N) is 2. The van der Waals surface area contributed by atoms with E-state index in [0.717, 1.165) is 11.8 Å². The first kappa shape index (κ1) is 18.5. The molecule has 0 heterocycles. The lowest BCUT2D eigenvalue weighted by Crippen LogP contribution is -2.24. The maximum absolute atomic E-state index is 12.2. The minimum atomic E-state index is -3.66. The number of aryl methyl sites for hydroxylation is 2. The van der Waals surface area contributed by atoms with Gasteiger partial charge in [-0.05, 0) is 43.2 Å². The Bertz CT molecular complexity index is 962. The number of amides is 1. The van der Waals surface area contributed by atoms with Crippen LogP contribution in [0.2, 0.25) is 0 Å². The van der Waals surface area contributed by atoms with E-state index in [1.807, 2.05) is 19.1 Å². The molecule has 0 unspecified atom stereocenters. The van der Waals surface area contributed by atoms with Crippen LogP contribution >= 0.6 is 0 Å². The van der Waals surface area contributed by atoms with Crippen molar-refractivity contribution in [3.05, 3.63) is 53.1 Å². The van der Waals surface area contributed by atoms with E-state index in [2.05, 4.69) is 4.99 Å². The fourth-order valence-electron chi connectivity index (χ4n) is 2.23. The number of hydrogen-bond acceptors (Lipinski definition) is 4. The average Bonchev–Trinajstić information content (AvgIpc) is 2.47. The quantitative estimate of drug-likeness (QED) is 0.633. The Morgan fingerprint density at radius 3 is 2.24 bits per heavy atom. The van der Waals surface area contributed by atoms with Crippen molar-refractivity contribution in [2.24, 2.45) is 16.5 Å². The summed E-state index contributed by atoms with van der Waals surface area (Å²) >= 11 is 0. The van der Waals surface area contributed by atoms with Crippen LogP contribution in [0.1, 0.15) is 21.5 Å². The van der Waals surface area contributed by atoms with Crippen LogP contribution in [-0.4, -0.2) is 26.5 Å². The van der Waals surface area contributed by atoms with E-state index in [1.54, 1.807) is 19.1 Å². The summed E-state index contributed by atoms with van der Waals surface area (Å²) < 4.78 is 30.1. The van der Waals surface area contributed by atoms with Crippen molar-refractivity contribution in [1.82, 2.24) is 0 Å². The molecule has 0 aliphatic rings. The Morgan fingerprint density at radius 2 is 1.68 bits per heavy atom. The van der Waals surface area contributed by atoms with Gasteiger partial charge in [0.25, 0.3) is 5.91 Å². The molecule has 0 aromatic heterocycles. The van der Waals surface area contributed by atoms with Crippen LogP contribution in [0.15, 0.2) is 46.3 Å². The minimum absolute atomic E-state index is 0.0889. The molecule has 2 rings (SSSR count). The molecule has 2 aromatic carbocycles. The van der Waals surface area contributed by atoms with E-state index in [9.17, 15) is 13.2 Å². The molecule has 0 radical (unpaired) electrons. The van der Waals surface area contributed by atoms with E-state index < -0.39 is 21.7 Å². The van der Waals surface area contributed by atoms with Crippen LogP contribution in [0.5, 0.6) is 11.5 Å². The Morgan fingerprint density at radius 1 is 1.04 bits per heavy atom. The van der Waals surface area contributed by atoms with Crippen molar-refractivity contribution in [1.29, 1.82) is 0 Å². The largest absolute Gasteiger partial charge is 0.456 e. The van der Waals surface area contributed by atoms with Gasteiger partial charge in [0.1, 0.15) is 16.4 Å². The van der Waals surface area contributed by atoms with Gasteiger partial charge in [-0.1, -0.05) is 18.2 Å². The second kappa shape index (κ2) is 6.94.